The van der Waals surface area contributed by atoms with Crippen LogP contribution in [0.4, 0.5) is 0 Å². The van der Waals surface area contributed by atoms with E-state index in [2.05, 4.69) is 23.6 Å². The maximum atomic E-state index is 11.6. The van der Waals surface area contributed by atoms with Crippen LogP contribution in [0.5, 0.6) is 5.75 Å². The van der Waals surface area contributed by atoms with Crippen LogP contribution in [0.1, 0.15) is 68.6 Å². The van der Waals surface area contributed by atoms with E-state index in [1.165, 1.54) is 18.1 Å². The topological polar surface area (TPSA) is 82.1 Å². The van der Waals surface area contributed by atoms with Crippen LogP contribution in [-0.4, -0.2) is 23.8 Å². The van der Waals surface area contributed by atoms with Gasteiger partial charge in [0, 0.05) is 16.9 Å². The lowest BCUT2D eigenvalue weighted by molar-refractivity contribution is -0.154. The Morgan fingerprint density at radius 1 is 1.28 bits per heavy atom. The predicted octanol–water partition coefficient (Wildman–Crippen LogP) is 4.79. The normalized spacial score (nSPS) is 33.3. The molecule has 0 bridgehead atoms. The zero-order valence-corrected chi connectivity index (χ0v) is 18.2. The first-order chi connectivity index (χ1) is 13.8. The lowest BCUT2D eigenvalue weighted by Crippen LogP contribution is -2.45. The molecule has 4 rings (SSSR count). The summed E-state index contributed by atoms with van der Waals surface area (Å²) in [6.07, 6.45) is 6.54. The van der Waals surface area contributed by atoms with Crippen LogP contribution in [0, 0.1) is 24.2 Å². The molecule has 1 aromatic rings. The fraction of sp³-hybridized carbons (Fsp3) is 0.682. The van der Waals surface area contributed by atoms with E-state index in [4.69, 9.17) is 14.4 Å². The Balaban J connectivity index is 1.54. The van der Waals surface area contributed by atoms with Crippen LogP contribution >= 0.6 is 8.25 Å². The number of carbonyl (C=O) groups excluding carboxylic acids is 1. The van der Waals surface area contributed by atoms with Crippen molar-refractivity contribution in [1.29, 1.82) is 0 Å². The van der Waals surface area contributed by atoms with Gasteiger partial charge in [-0.25, -0.2) is 0 Å². The molecule has 1 aromatic carbocycles. The molecule has 6 atom stereocenters. The molecule has 0 radical (unpaired) electrons. The Bertz CT molecular complexity index is 824. The van der Waals surface area contributed by atoms with Crippen LogP contribution in [0.25, 0.3) is 0 Å². The van der Waals surface area contributed by atoms with Gasteiger partial charge in [-0.15, -0.1) is 4.89 Å². The minimum Gasteiger partial charge on any atom is -0.462 e. The minimum atomic E-state index is -2.65. The van der Waals surface area contributed by atoms with Gasteiger partial charge in [0.2, 0.25) is 6.79 Å². The first kappa shape index (κ1) is 20.8. The van der Waals surface area contributed by atoms with E-state index in [-0.39, 0.29) is 24.3 Å². The summed E-state index contributed by atoms with van der Waals surface area (Å²) < 4.78 is 26.6. The molecular weight excluding hydrogens is 391 g/mol. The molecule has 1 N–H and O–H groups in total. The predicted molar refractivity (Wildman–Crippen MR) is 108 cm³/mol. The lowest BCUT2D eigenvalue weighted by atomic mass is 9.55. The van der Waals surface area contributed by atoms with Crippen molar-refractivity contribution in [2.24, 2.45) is 17.3 Å². The van der Waals surface area contributed by atoms with Gasteiger partial charge in [0.25, 0.3) is 0 Å². The summed E-state index contributed by atoms with van der Waals surface area (Å²) in [4.78, 5) is 20.3. The van der Waals surface area contributed by atoms with Crippen LogP contribution in [0.2, 0.25) is 0 Å². The van der Waals surface area contributed by atoms with Gasteiger partial charge < -0.3 is 9.47 Å². The highest BCUT2D eigenvalue weighted by Gasteiger charge is 2.56. The lowest BCUT2D eigenvalue weighted by Gasteiger charge is -2.50. The van der Waals surface area contributed by atoms with Gasteiger partial charge in [-0.1, -0.05) is 17.5 Å². The number of ether oxygens (including phenoxy) is 2. The van der Waals surface area contributed by atoms with E-state index in [9.17, 15) is 9.36 Å². The first-order valence-electron chi connectivity index (χ1n) is 10.5. The van der Waals surface area contributed by atoms with Crippen molar-refractivity contribution in [2.45, 2.75) is 71.3 Å². The van der Waals surface area contributed by atoms with Crippen molar-refractivity contribution in [2.75, 3.05) is 6.79 Å². The Morgan fingerprint density at radius 2 is 2.07 bits per heavy atom. The first-order valence-corrected chi connectivity index (χ1v) is 11.6. The van der Waals surface area contributed by atoms with E-state index in [0.717, 1.165) is 49.8 Å². The molecule has 6 nitrogen and oxygen atoms in total. The summed E-state index contributed by atoms with van der Waals surface area (Å²) >= 11 is 0. The second kappa shape index (κ2) is 7.98. The van der Waals surface area contributed by atoms with Gasteiger partial charge in [0.05, 0.1) is 0 Å². The van der Waals surface area contributed by atoms with Gasteiger partial charge in [0.15, 0.2) is 0 Å². The highest BCUT2D eigenvalue weighted by Crippen LogP contribution is 2.61. The fourth-order valence-corrected chi connectivity index (χ4v) is 6.49. The third-order valence-corrected chi connectivity index (χ3v) is 7.95. The van der Waals surface area contributed by atoms with Gasteiger partial charge in [-0.05, 0) is 86.0 Å². The molecule has 0 heterocycles. The number of hydrogen-bond donors (Lipinski definition) is 1. The average molecular weight is 421 g/mol. The second-order valence-corrected chi connectivity index (χ2v) is 9.81. The largest absolute Gasteiger partial charge is 0.698 e. The van der Waals surface area contributed by atoms with Gasteiger partial charge in [0.1, 0.15) is 11.9 Å². The van der Waals surface area contributed by atoms with E-state index < -0.39 is 8.25 Å². The number of fused-ring (bicyclic) bond motifs is 5. The third kappa shape index (κ3) is 3.83. The molecule has 0 aromatic heterocycles. The molecule has 29 heavy (non-hydrogen) atoms. The van der Waals surface area contributed by atoms with E-state index >= 15 is 0 Å². The SMILES string of the molecule is CC(=O)O[C@H]1CCC2[C@@H]3CCc4cc(OCO[P+](=O)O)c(C)cc4C3CC[C@@]21C. The highest BCUT2D eigenvalue weighted by atomic mass is 31.1. The van der Waals surface area contributed by atoms with Gasteiger partial charge in [-0.2, -0.15) is 0 Å². The summed E-state index contributed by atoms with van der Waals surface area (Å²) in [5.41, 5.74) is 3.87. The number of aryl methyl sites for hydroxylation is 2. The van der Waals surface area contributed by atoms with Crippen LogP contribution in [0.3, 0.4) is 0 Å². The summed E-state index contributed by atoms with van der Waals surface area (Å²) in [5, 5.41) is 0. The van der Waals surface area contributed by atoms with E-state index in [1.807, 2.05) is 6.92 Å². The summed E-state index contributed by atoms with van der Waals surface area (Å²) in [7, 11) is -2.65. The van der Waals surface area contributed by atoms with E-state index in [1.54, 1.807) is 0 Å². The Labute approximate surface area is 172 Å². The van der Waals surface area contributed by atoms with Crippen LogP contribution < -0.4 is 4.74 Å². The summed E-state index contributed by atoms with van der Waals surface area (Å²) in [6.45, 7) is 5.64. The summed E-state index contributed by atoms with van der Waals surface area (Å²) in [6, 6.07) is 4.32. The summed E-state index contributed by atoms with van der Waals surface area (Å²) in [5.74, 6) is 2.34. The zero-order chi connectivity index (χ0) is 20.8. The smallest absolute Gasteiger partial charge is 0.462 e. The molecule has 0 aliphatic heterocycles. The van der Waals surface area contributed by atoms with Crippen molar-refractivity contribution in [3.8, 4) is 5.75 Å². The maximum absolute atomic E-state index is 11.6. The standard InChI is InChI=1S/C22H29O6P/c1-13-10-18-15(11-20(13)26-12-27-29(24)25)4-5-17-16(18)8-9-22(3)19(17)6-7-21(22)28-14(2)23/h10-11,16-17,19,21H,4-9,12H2,1-3H3/p+1/t16?,17-,19?,21+,22+/m1/s1. The zero-order valence-electron chi connectivity index (χ0n) is 17.3. The van der Waals surface area contributed by atoms with E-state index in [0.29, 0.717) is 17.8 Å². The number of rotatable bonds is 5. The van der Waals surface area contributed by atoms with Crippen molar-refractivity contribution >= 4 is 14.2 Å². The molecule has 158 valence electrons. The fourth-order valence-electron chi connectivity index (χ4n) is 6.35. The molecule has 3 aliphatic carbocycles. The van der Waals surface area contributed by atoms with Crippen molar-refractivity contribution in [1.82, 2.24) is 0 Å². The number of hydrogen-bond acceptors (Lipinski definition) is 5. The molecular formula is C22H30O6P+. The van der Waals surface area contributed by atoms with Crippen molar-refractivity contribution < 1.29 is 28.3 Å². The van der Waals surface area contributed by atoms with Crippen molar-refractivity contribution in [3.05, 3.63) is 28.8 Å². The quantitative estimate of drug-likeness (QED) is 0.418. The Kier molecular flexibility index (Phi) is 5.71. The average Bonchev–Trinajstić information content (AvgIpc) is 2.98. The number of carbonyl (C=O) groups is 1. The number of esters is 1. The van der Waals surface area contributed by atoms with Crippen molar-refractivity contribution in [3.63, 3.8) is 0 Å². The Hall–Kier alpha value is -1.49. The molecule has 3 unspecified atom stereocenters. The van der Waals surface area contributed by atoms with Crippen LogP contribution in [0.15, 0.2) is 12.1 Å². The van der Waals surface area contributed by atoms with Gasteiger partial charge >= 0.3 is 14.2 Å². The molecule has 3 aliphatic rings. The third-order valence-electron chi connectivity index (χ3n) is 7.62. The molecule has 2 fully saturated rings. The monoisotopic (exact) mass is 421 g/mol. The molecule has 0 spiro atoms. The molecule has 2 saturated carbocycles. The van der Waals surface area contributed by atoms with Crippen LogP contribution in [-0.2, 0) is 25.0 Å². The second-order valence-electron chi connectivity index (χ2n) is 9.08. The maximum Gasteiger partial charge on any atom is 0.698 e. The van der Waals surface area contributed by atoms with Gasteiger partial charge in [-0.3, -0.25) is 4.79 Å². The Morgan fingerprint density at radius 3 is 2.79 bits per heavy atom. The molecule has 0 amide bonds. The highest BCUT2D eigenvalue weighted by molar-refractivity contribution is 7.32. The molecule has 0 saturated heterocycles. The molecule has 7 heteroatoms. The number of benzene rings is 1. The minimum absolute atomic E-state index is 0.0582.